The van der Waals surface area contributed by atoms with Gasteiger partial charge in [0.25, 0.3) is 0 Å². The van der Waals surface area contributed by atoms with Gasteiger partial charge in [0.05, 0.1) is 0 Å². The van der Waals surface area contributed by atoms with E-state index in [4.69, 9.17) is 22.4 Å². The number of para-hydroxylation sites is 2. The van der Waals surface area contributed by atoms with Gasteiger partial charge < -0.3 is 4.42 Å². The van der Waals surface area contributed by atoms with E-state index < -0.39 is 0 Å². The SMILES string of the molecule is C#Cc1cc(Cl)ccc1-c1cccc2c1oc1ccccc12. The first-order valence-corrected chi connectivity index (χ1v) is 7.32. The number of hydrogen-bond donors (Lipinski definition) is 0. The van der Waals surface area contributed by atoms with Gasteiger partial charge in [0.15, 0.2) is 0 Å². The van der Waals surface area contributed by atoms with Gasteiger partial charge in [-0.25, -0.2) is 0 Å². The molecule has 0 spiro atoms. The predicted molar refractivity (Wildman–Crippen MR) is 92.1 cm³/mol. The van der Waals surface area contributed by atoms with Gasteiger partial charge in [-0.2, -0.15) is 0 Å². The van der Waals surface area contributed by atoms with Crippen molar-refractivity contribution < 1.29 is 4.42 Å². The number of hydrogen-bond acceptors (Lipinski definition) is 1. The van der Waals surface area contributed by atoms with Crippen molar-refractivity contribution >= 4 is 33.5 Å². The van der Waals surface area contributed by atoms with Crippen molar-refractivity contribution in [3.8, 4) is 23.5 Å². The van der Waals surface area contributed by atoms with Crippen molar-refractivity contribution in [3.63, 3.8) is 0 Å². The molecule has 0 N–H and O–H groups in total. The Morgan fingerprint density at radius 1 is 0.864 bits per heavy atom. The Kier molecular flexibility index (Phi) is 2.92. The largest absolute Gasteiger partial charge is 0.455 e. The number of furan rings is 1. The van der Waals surface area contributed by atoms with Crippen LogP contribution in [-0.4, -0.2) is 0 Å². The van der Waals surface area contributed by atoms with Crippen molar-refractivity contribution in [2.24, 2.45) is 0 Å². The molecule has 0 unspecified atom stereocenters. The van der Waals surface area contributed by atoms with E-state index in [0.29, 0.717) is 5.02 Å². The monoisotopic (exact) mass is 302 g/mol. The molecule has 104 valence electrons. The summed E-state index contributed by atoms with van der Waals surface area (Å²) in [4.78, 5) is 0. The van der Waals surface area contributed by atoms with E-state index in [-0.39, 0.29) is 0 Å². The van der Waals surface area contributed by atoms with E-state index >= 15 is 0 Å². The van der Waals surface area contributed by atoms with Crippen molar-refractivity contribution in [3.05, 3.63) is 71.2 Å². The predicted octanol–water partition coefficient (Wildman–Crippen LogP) is 5.89. The Morgan fingerprint density at radius 2 is 1.68 bits per heavy atom. The molecule has 4 rings (SSSR count). The minimum atomic E-state index is 0.633. The fraction of sp³-hybridized carbons (Fsp3) is 0. The second-order valence-electron chi connectivity index (χ2n) is 5.11. The summed E-state index contributed by atoms with van der Waals surface area (Å²) in [5.41, 5.74) is 4.43. The van der Waals surface area contributed by atoms with Crippen molar-refractivity contribution in [1.29, 1.82) is 0 Å². The van der Waals surface area contributed by atoms with E-state index in [1.165, 1.54) is 0 Å². The van der Waals surface area contributed by atoms with Gasteiger partial charge in [-0.3, -0.25) is 0 Å². The molecule has 3 aromatic carbocycles. The summed E-state index contributed by atoms with van der Waals surface area (Å²) in [6.07, 6.45) is 5.64. The molecule has 0 fully saturated rings. The Hall–Kier alpha value is -2.69. The zero-order chi connectivity index (χ0) is 15.1. The van der Waals surface area contributed by atoms with Gasteiger partial charge in [-0.05, 0) is 18.2 Å². The molecule has 1 nitrogen and oxygen atoms in total. The maximum atomic E-state index is 6.07. The van der Waals surface area contributed by atoms with Crippen LogP contribution in [0.15, 0.2) is 65.1 Å². The molecule has 0 atom stereocenters. The molecule has 4 aromatic rings. The fourth-order valence-electron chi connectivity index (χ4n) is 2.83. The van der Waals surface area contributed by atoms with E-state index in [1.54, 1.807) is 6.07 Å². The first-order valence-electron chi connectivity index (χ1n) is 6.95. The molecular weight excluding hydrogens is 292 g/mol. The highest BCUT2D eigenvalue weighted by Gasteiger charge is 2.13. The normalized spacial score (nSPS) is 10.9. The highest BCUT2D eigenvalue weighted by molar-refractivity contribution is 6.30. The summed E-state index contributed by atoms with van der Waals surface area (Å²) in [6.45, 7) is 0. The second-order valence-corrected chi connectivity index (χ2v) is 5.55. The molecule has 0 aliphatic carbocycles. The van der Waals surface area contributed by atoms with Crippen LogP contribution in [0.3, 0.4) is 0 Å². The minimum Gasteiger partial charge on any atom is -0.455 e. The topological polar surface area (TPSA) is 13.1 Å². The summed E-state index contributed by atoms with van der Waals surface area (Å²) < 4.78 is 6.07. The molecule has 0 amide bonds. The lowest BCUT2D eigenvalue weighted by Crippen LogP contribution is -1.85. The van der Waals surface area contributed by atoms with E-state index in [1.807, 2.05) is 42.5 Å². The highest BCUT2D eigenvalue weighted by Crippen LogP contribution is 2.37. The third-order valence-corrected chi connectivity index (χ3v) is 4.07. The zero-order valence-electron chi connectivity index (χ0n) is 11.6. The van der Waals surface area contributed by atoms with Gasteiger partial charge in [0, 0.05) is 32.5 Å². The molecule has 0 saturated heterocycles. The summed E-state index contributed by atoms with van der Waals surface area (Å²) in [7, 11) is 0. The van der Waals surface area contributed by atoms with Gasteiger partial charge in [0.2, 0.25) is 0 Å². The lowest BCUT2D eigenvalue weighted by molar-refractivity contribution is 0.670. The van der Waals surface area contributed by atoms with Gasteiger partial charge >= 0.3 is 0 Å². The molecule has 2 heteroatoms. The third kappa shape index (κ3) is 1.89. The van der Waals surface area contributed by atoms with Crippen LogP contribution in [0.4, 0.5) is 0 Å². The molecule has 0 aliphatic heterocycles. The van der Waals surface area contributed by atoms with Crippen LogP contribution in [-0.2, 0) is 0 Å². The van der Waals surface area contributed by atoms with E-state index in [0.717, 1.165) is 38.6 Å². The first kappa shape index (κ1) is 13.0. The average Bonchev–Trinajstić information content (AvgIpc) is 2.93. The second kappa shape index (κ2) is 4.94. The summed E-state index contributed by atoms with van der Waals surface area (Å²) in [5.74, 6) is 2.71. The Labute approximate surface area is 133 Å². The Bertz CT molecular complexity index is 1050. The maximum Gasteiger partial charge on any atom is 0.143 e. The third-order valence-electron chi connectivity index (χ3n) is 3.83. The van der Waals surface area contributed by atoms with Crippen LogP contribution in [0.25, 0.3) is 33.1 Å². The minimum absolute atomic E-state index is 0.633. The number of halogens is 1. The zero-order valence-corrected chi connectivity index (χ0v) is 12.4. The number of fused-ring (bicyclic) bond motifs is 3. The van der Waals surface area contributed by atoms with Gasteiger partial charge in [-0.1, -0.05) is 60.0 Å². The Morgan fingerprint density at radius 3 is 2.55 bits per heavy atom. The fourth-order valence-corrected chi connectivity index (χ4v) is 3.00. The Balaban J connectivity index is 2.10. The molecule has 1 aromatic heterocycles. The van der Waals surface area contributed by atoms with E-state index in [9.17, 15) is 0 Å². The lowest BCUT2D eigenvalue weighted by atomic mass is 9.98. The number of benzene rings is 3. The number of terminal acetylenes is 1. The van der Waals surface area contributed by atoms with E-state index in [2.05, 4.69) is 18.1 Å². The summed E-state index contributed by atoms with van der Waals surface area (Å²) in [5, 5.41) is 2.83. The van der Waals surface area contributed by atoms with Crippen LogP contribution in [0, 0.1) is 12.3 Å². The van der Waals surface area contributed by atoms with Crippen molar-refractivity contribution in [2.75, 3.05) is 0 Å². The van der Waals surface area contributed by atoms with Gasteiger partial charge in [0.1, 0.15) is 11.2 Å². The van der Waals surface area contributed by atoms with Crippen LogP contribution in [0.5, 0.6) is 0 Å². The standard InChI is InChI=1S/C20H11ClO/c1-2-13-12-14(21)10-11-15(13)17-7-5-8-18-16-6-3-4-9-19(16)22-20(17)18/h1,3-12H. The molecular formula is C20H11ClO. The van der Waals surface area contributed by atoms with Crippen LogP contribution in [0.2, 0.25) is 5.02 Å². The molecule has 0 radical (unpaired) electrons. The quantitative estimate of drug-likeness (QED) is 0.400. The summed E-state index contributed by atoms with van der Waals surface area (Å²) >= 11 is 6.05. The molecule has 22 heavy (non-hydrogen) atoms. The van der Waals surface area contributed by atoms with Crippen LogP contribution >= 0.6 is 11.6 Å². The molecule has 0 saturated carbocycles. The summed E-state index contributed by atoms with van der Waals surface area (Å²) in [6, 6.07) is 19.7. The molecule has 0 bridgehead atoms. The van der Waals surface area contributed by atoms with Gasteiger partial charge in [-0.15, -0.1) is 6.42 Å². The average molecular weight is 303 g/mol. The lowest BCUT2D eigenvalue weighted by Gasteiger charge is -2.06. The molecule has 1 heterocycles. The highest BCUT2D eigenvalue weighted by atomic mass is 35.5. The van der Waals surface area contributed by atoms with Crippen LogP contribution in [0.1, 0.15) is 5.56 Å². The number of rotatable bonds is 1. The maximum absolute atomic E-state index is 6.07. The first-order chi connectivity index (χ1) is 10.8. The molecule has 0 aliphatic rings. The smallest absolute Gasteiger partial charge is 0.143 e. The van der Waals surface area contributed by atoms with Crippen molar-refractivity contribution in [2.45, 2.75) is 0 Å². The van der Waals surface area contributed by atoms with Crippen LogP contribution < -0.4 is 0 Å². The van der Waals surface area contributed by atoms with Crippen molar-refractivity contribution in [1.82, 2.24) is 0 Å².